The van der Waals surface area contributed by atoms with Crippen molar-refractivity contribution in [2.45, 2.75) is 26.4 Å². The summed E-state index contributed by atoms with van der Waals surface area (Å²) in [5.41, 5.74) is 0.987. The Hall–Kier alpha value is -1.22. The van der Waals surface area contributed by atoms with Crippen molar-refractivity contribution in [2.24, 2.45) is 0 Å². The van der Waals surface area contributed by atoms with Gasteiger partial charge in [0.15, 0.2) is 0 Å². The summed E-state index contributed by atoms with van der Waals surface area (Å²) in [5.74, 6) is 0. The van der Waals surface area contributed by atoms with Gasteiger partial charge in [-0.3, -0.25) is 0 Å². The molecule has 0 aliphatic rings. The van der Waals surface area contributed by atoms with Gasteiger partial charge in [0.2, 0.25) is 0 Å². The Bertz CT molecular complexity index is 339. The molecule has 0 saturated heterocycles. The average molecular weight is 227 g/mol. The van der Waals surface area contributed by atoms with Gasteiger partial charge in [-0.15, -0.1) is 0 Å². The molecule has 0 atom stereocenters. The van der Waals surface area contributed by atoms with E-state index in [-0.39, 0.29) is 12.1 Å². The third kappa shape index (κ3) is 4.70. The number of benzene rings is 1. The maximum Gasteiger partial charge on any atom is 0.315 e. The smallest absolute Gasteiger partial charge is 0.315 e. The molecule has 3 nitrogen and oxygen atoms in total. The highest BCUT2D eigenvalue weighted by atomic mass is 35.5. The molecule has 0 fully saturated rings. The van der Waals surface area contributed by atoms with Crippen molar-refractivity contribution < 1.29 is 4.79 Å². The molecule has 0 heterocycles. The first-order valence-corrected chi connectivity index (χ1v) is 5.24. The lowest BCUT2D eigenvalue weighted by molar-refractivity contribution is 0.238. The fourth-order valence-electron chi connectivity index (χ4n) is 1.14. The molecule has 2 N–H and O–H groups in total. The predicted molar refractivity (Wildman–Crippen MR) is 62.0 cm³/mol. The number of carbonyl (C=O) groups is 1. The molecule has 1 rings (SSSR count). The Morgan fingerprint density at radius 1 is 1.47 bits per heavy atom. The molecule has 15 heavy (non-hydrogen) atoms. The molecular formula is C11H15ClN2O. The van der Waals surface area contributed by atoms with Gasteiger partial charge in [-0.25, -0.2) is 4.79 Å². The van der Waals surface area contributed by atoms with Gasteiger partial charge in [0.05, 0.1) is 0 Å². The molecular weight excluding hydrogens is 212 g/mol. The Morgan fingerprint density at radius 3 is 2.80 bits per heavy atom. The van der Waals surface area contributed by atoms with E-state index >= 15 is 0 Å². The normalized spacial score (nSPS) is 10.1. The SMILES string of the molecule is CC(C)NC(=O)NCc1cccc(Cl)c1. The highest BCUT2D eigenvalue weighted by Crippen LogP contribution is 2.09. The summed E-state index contributed by atoms with van der Waals surface area (Å²) in [6, 6.07) is 7.40. The van der Waals surface area contributed by atoms with Gasteiger partial charge < -0.3 is 10.6 Å². The number of hydrogen-bond donors (Lipinski definition) is 2. The molecule has 0 spiro atoms. The van der Waals surface area contributed by atoms with Crippen molar-refractivity contribution in [1.29, 1.82) is 0 Å². The van der Waals surface area contributed by atoms with Crippen LogP contribution >= 0.6 is 11.6 Å². The number of amides is 2. The monoisotopic (exact) mass is 226 g/mol. The van der Waals surface area contributed by atoms with E-state index in [9.17, 15) is 4.79 Å². The second-order valence-corrected chi connectivity index (χ2v) is 4.05. The molecule has 0 unspecified atom stereocenters. The minimum atomic E-state index is -0.162. The number of rotatable bonds is 3. The molecule has 0 bridgehead atoms. The van der Waals surface area contributed by atoms with Crippen molar-refractivity contribution in [3.8, 4) is 0 Å². The van der Waals surface area contributed by atoms with Crippen LogP contribution in [0, 0.1) is 0 Å². The van der Waals surface area contributed by atoms with Gasteiger partial charge in [-0.05, 0) is 31.5 Å². The maximum absolute atomic E-state index is 11.3. The molecule has 2 amide bonds. The fourth-order valence-corrected chi connectivity index (χ4v) is 1.36. The van der Waals surface area contributed by atoms with Crippen LogP contribution in [0.1, 0.15) is 19.4 Å². The lowest BCUT2D eigenvalue weighted by atomic mass is 10.2. The van der Waals surface area contributed by atoms with Crippen LogP contribution in [-0.4, -0.2) is 12.1 Å². The Labute approximate surface area is 94.8 Å². The van der Waals surface area contributed by atoms with E-state index in [0.29, 0.717) is 11.6 Å². The van der Waals surface area contributed by atoms with Crippen molar-refractivity contribution >= 4 is 17.6 Å². The zero-order valence-corrected chi connectivity index (χ0v) is 9.64. The summed E-state index contributed by atoms with van der Waals surface area (Å²) in [6.45, 7) is 4.32. The Morgan fingerprint density at radius 2 is 2.20 bits per heavy atom. The highest BCUT2D eigenvalue weighted by Gasteiger charge is 2.01. The van der Waals surface area contributed by atoms with Gasteiger partial charge in [0.1, 0.15) is 0 Å². The van der Waals surface area contributed by atoms with Crippen LogP contribution in [0.4, 0.5) is 4.79 Å². The Kier molecular flexibility index (Phi) is 4.43. The molecule has 0 radical (unpaired) electrons. The van der Waals surface area contributed by atoms with Crippen molar-refractivity contribution in [3.05, 3.63) is 34.9 Å². The van der Waals surface area contributed by atoms with E-state index in [1.807, 2.05) is 32.0 Å². The van der Waals surface area contributed by atoms with Gasteiger partial charge >= 0.3 is 6.03 Å². The maximum atomic E-state index is 11.3. The summed E-state index contributed by atoms with van der Waals surface area (Å²) < 4.78 is 0. The molecule has 82 valence electrons. The zero-order valence-electron chi connectivity index (χ0n) is 8.88. The number of halogens is 1. The van der Waals surface area contributed by atoms with Crippen molar-refractivity contribution in [3.63, 3.8) is 0 Å². The zero-order chi connectivity index (χ0) is 11.3. The largest absolute Gasteiger partial charge is 0.336 e. The first-order chi connectivity index (χ1) is 7.08. The van der Waals surface area contributed by atoms with E-state index in [1.54, 1.807) is 6.07 Å². The van der Waals surface area contributed by atoms with Crippen LogP contribution in [0.2, 0.25) is 5.02 Å². The van der Waals surface area contributed by atoms with Crippen LogP contribution in [-0.2, 0) is 6.54 Å². The van der Waals surface area contributed by atoms with Crippen LogP contribution in [0.5, 0.6) is 0 Å². The lowest BCUT2D eigenvalue weighted by Gasteiger charge is -2.10. The summed E-state index contributed by atoms with van der Waals surface area (Å²) in [7, 11) is 0. The molecule has 0 aliphatic carbocycles. The highest BCUT2D eigenvalue weighted by molar-refractivity contribution is 6.30. The second kappa shape index (κ2) is 5.61. The van der Waals surface area contributed by atoms with Crippen LogP contribution in [0.3, 0.4) is 0 Å². The average Bonchev–Trinajstić information content (AvgIpc) is 2.14. The van der Waals surface area contributed by atoms with Gasteiger partial charge in [-0.2, -0.15) is 0 Å². The van der Waals surface area contributed by atoms with Gasteiger partial charge in [0.25, 0.3) is 0 Å². The predicted octanol–water partition coefficient (Wildman–Crippen LogP) is 2.55. The van der Waals surface area contributed by atoms with Crippen LogP contribution in [0.15, 0.2) is 24.3 Å². The molecule has 1 aromatic carbocycles. The summed E-state index contributed by atoms with van der Waals surface area (Å²) in [5, 5.41) is 6.17. The topological polar surface area (TPSA) is 41.1 Å². The number of carbonyl (C=O) groups excluding carboxylic acids is 1. The van der Waals surface area contributed by atoms with Gasteiger partial charge in [0, 0.05) is 17.6 Å². The molecule has 0 saturated carbocycles. The van der Waals surface area contributed by atoms with E-state index in [4.69, 9.17) is 11.6 Å². The van der Waals surface area contributed by atoms with Crippen LogP contribution < -0.4 is 10.6 Å². The number of hydrogen-bond acceptors (Lipinski definition) is 1. The van der Waals surface area contributed by atoms with Crippen LogP contribution in [0.25, 0.3) is 0 Å². The number of nitrogens with one attached hydrogen (secondary N) is 2. The summed E-state index contributed by atoms with van der Waals surface area (Å²) >= 11 is 5.82. The molecule has 0 aromatic heterocycles. The molecule has 0 aliphatic heterocycles. The van der Waals surface area contributed by atoms with E-state index in [2.05, 4.69) is 10.6 Å². The minimum Gasteiger partial charge on any atom is -0.336 e. The first kappa shape index (κ1) is 11.9. The first-order valence-electron chi connectivity index (χ1n) is 4.86. The summed E-state index contributed by atoms with van der Waals surface area (Å²) in [4.78, 5) is 11.3. The second-order valence-electron chi connectivity index (χ2n) is 3.61. The van der Waals surface area contributed by atoms with Crippen molar-refractivity contribution in [1.82, 2.24) is 10.6 Å². The fraction of sp³-hybridized carbons (Fsp3) is 0.364. The molecule has 1 aromatic rings. The third-order valence-electron chi connectivity index (χ3n) is 1.76. The Balaban J connectivity index is 2.40. The number of urea groups is 1. The lowest BCUT2D eigenvalue weighted by Crippen LogP contribution is -2.39. The van der Waals surface area contributed by atoms with E-state index < -0.39 is 0 Å². The molecule has 4 heteroatoms. The standard InChI is InChI=1S/C11H15ClN2O/c1-8(2)14-11(15)13-7-9-4-3-5-10(12)6-9/h3-6,8H,7H2,1-2H3,(H2,13,14,15). The van der Waals surface area contributed by atoms with E-state index in [0.717, 1.165) is 5.56 Å². The van der Waals surface area contributed by atoms with Crippen molar-refractivity contribution in [2.75, 3.05) is 0 Å². The summed E-state index contributed by atoms with van der Waals surface area (Å²) in [6.07, 6.45) is 0. The van der Waals surface area contributed by atoms with Gasteiger partial charge in [-0.1, -0.05) is 23.7 Å². The minimum absolute atomic E-state index is 0.143. The van der Waals surface area contributed by atoms with E-state index in [1.165, 1.54) is 0 Å². The third-order valence-corrected chi connectivity index (χ3v) is 2.00. The quantitative estimate of drug-likeness (QED) is 0.817.